The van der Waals surface area contributed by atoms with Crippen molar-refractivity contribution >= 4 is 11.9 Å². The van der Waals surface area contributed by atoms with E-state index in [0.29, 0.717) is 5.57 Å². The summed E-state index contributed by atoms with van der Waals surface area (Å²) in [6.45, 7) is 1.95. The van der Waals surface area contributed by atoms with Crippen molar-refractivity contribution in [3.05, 3.63) is 11.6 Å². The van der Waals surface area contributed by atoms with Gasteiger partial charge in [-0.25, -0.2) is 9.59 Å². The van der Waals surface area contributed by atoms with Crippen molar-refractivity contribution in [2.75, 3.05) is 7.11 Å². The summed E-state index contributed by atoms with van der Waals surface area (Å²) in [7, 11) is 1.31. The van der Waals surface area contributed by atoms with Crippen LogP contribution >= 0.6 is 0 Å². The predicted molar refractivity (Wildman–Crippen MR) is 56.6 cm³/mol. The Labute approximate surface area is 94.6 Å². The van der Waals surface area contributed by atoms with Crippen LogP contribution in [-0.4, -0.2) is 24.6 Å². The van der Waals surface area contributed by atoms with Gasteiger partial charge in [0.2, 0.25) is 0 Å². The first-order valence-corrected chi connectivity index (χ1v) is 5.60. The summed E-state index contributed by atoms with van der Waals surface area (Å²) in [5.74, 6) is -0.797. The second-order valence-electron chi connectivity index (χ2n) is 4.62. The van der Waals surface area contributed by atoms with E-state index in [1.54, 1.807) is 0 Å². The molecule has 4 heteroatoms. The Kier molecular flexibility index (Phi) is 2.74. The molecule has 1 saturated carbocycles. The van der Waals surface area contributed by atoms with E-state index < -0.39 is 11.6 Å². The minimum absolute atomic E-state index is 0.0489. The number of esters is 2. The van der Waals surface area contributed by atoms with Crippen LogP contribution in [0.25, 0.3) is 0 Å². The minimum atomic E-state index is -0.484. The van der Waals surface area contributed by atoms with Crippen molar-refractivity contribution < 1.29 is 19.1 Å². The summed E-state index contributed by atoms with van der Waals surface area (Å²) < 4.78 is 9.95. The average Bonchev–Trinajstić information content (AvgIpc) is 2.50. The molecule has 0 bridgehead atoms. The van der Waals surface area contributed by atoms with Crippen molar-refractivity contribution in [3.63, 3.8) is 0 Å². The summed E-state index contributed by atoms with van der Waals surface area (Å²) >= 11 is 0. The van der Waals surface area contributed by atoms with Gasteiger partial charge in [0.1, 0.15) is 5.60 Å². The van der Waals surface area contributed by atoms with Gasteiger partial charge in [-0.3, -0.25) is 0 Å². The van der Waals surface area contributed by atoms with E-state index in [-0.39, 0.29) is 11.9 Å². The van der Waals surface area contributed by atoms with E-state index in [0.717, 1.165) is 25.7 Å². The molecule has 2 atom stereocenters. The van der Waals surface area contributed by atoms with Crippen LogP contribution in [0.2, 0.25) is 0 Å². The third-order valence-electron chi connectivity index (χ3n) is 3.56. The summed E-state index contributed by atoms with van der Waals surface area (Å²) in [6.07, 6.45) is 5.22. The quantitative estimate of drug-likeness (QED) is 0.501. The maximum Gasteiger partial charge on any atom is 0.335 e. The van der Waals surface area contributed by atoms with Crippen LogP contribution in [0.15, 0.2) is 11.6 Å². The molecule has 1 aliphatic heterocycles. The molecule has 0 N–H and O–H groups in total. The second-order valence-corrected chi connectivity index (χ2v) is 4.62. The Morgan fingerprint density at radius 2 is 2.31 bits per heavy atom. The molecule has 1 heterocycles. The molecule has 0 aromatic rings. The standard InChI is InChI=1S/C12H16O4/c1-12-6-4-3-5-9(12)8(11(14)16-12)7-10(13)15-2/h7,9H,3-6H2,1-2H3/b8-7-. The van der Waals surface area contributed by atoms with E-state index >= 15 is 0 Å². The lowest BCUT2D eigenvalue weighted by atomic mass is 9.74. The Bertz CT molecular complexity index is 358. The van der Waals surface area contributed by atoms with Gasteiger partial charge < -0.3 is 9.47 Å². The molecular weight excluding hydrogens is 208 g/mol. The van der Waals surface area contributed by atoms with Crippen LogP contribution in [0.5, 0.6) is 0 Å². The van der Waals surface area contributed by atoms with Crippen LogP contribution in [0.4, 0.5) is 0 Å². The van der Waals surface area contributed by atoms with Gasteiger partial charge in [0.05, 0.1) is 12.7 Å². The Hall–Kier alpha value is -1.32. The number of carbonyl (C=O) groups is 2. The lowest BCUT2D eigenvalue weighted by Gasteiger charge is -2.33. The molecule has 16 heavy (non-hydrogen) atoms. The molecule has 0 radical (unpaired) electrons. The van der Waals surface area contributed by atoms with Crippen molar-refractivity contribution in [1.82, 2.24) is 0 Å². The van der Waals surface area contributed by atoms with Gasteiger partial charge >= 0.3 is 11.9 Å². The highest BCUT2D eigenvalue weighted by Gasteiger charge is 2.50. The maximum atomic E-state index is 11.7. The van der Waals surface area contributed by atoms with E-state index in [2.05, 4.69) is 4.74 Å². The van der Waals surface area contributed by atoms with Gasteiger partial charge in [0.25, 0.3) is 0 Å². The normalized spacial score (nSPS) is 35.8. The molecule has 0 aromatic heterocycles. The number of fused-ring (bicyclic) bond motifs is 1. The fourth-order valence-electron chi connectivity index (χ4n) is 2.67. The zero-order valence-corrected chi connectivity index (χ0v) is 9.62. The molecule has 0 spiro atoms. The lowest BCUT2D eigenvalue weighted by Crippen LogP contribution is -2.35. The number of ether oxygens (including phenoxy) is 2. The first-order valence-electron chi connectivity index (χ1n) is 5.60. The Balaban J connectivity index is 2.29. The molecule has 4 nitrogen and oxygen atoms in total. The monoisotopic (exact) mass is 224 g/mol. The molecule has 2 rings (SSSR count). The molecule has 0 aromatic carbocycles. The topological polar surface area (TPSA) is 52.6 Å². The Morgan fingerprint density at radius 1 is 1.56 bits per heavy atom. The number of rotatable bonds is 1. The van der Waals surface area contributed by atoms with Crippen LogP contribution in [-0.2, 0) is 19.1 Å². The molecule has 1 saturated heterocycles. The van der Waals surface area contributed by atoms with E-state index in [1.807, 2.05) is 6.92 Å². The van der Waals surface area contributed by atoms with Gasteiger partial charge in [-0.2, -0.15) is 0 Å². The van der Waals surface area contributed by atoms with E-state index in [1.165, 1.54) is 13.2 Å². The van der Waals surface area contributed by atoms with Crippen LogP contribution < -0.4 is 0 Å². The average molecular weight is 224 g/mol. The van der Waals surface area contributed by atoms with Crippen LogP contribution in [0.3, 0.4) is 0 Å². The van der Waals surface area contributed by atoms with Crippen LogP contribution in [0, 0.1) is 5.92 Å². The highest BCUT2D eigenvalue weighted by molar-refractivity contribution is 5.98. The third-order valence-corrected chi connectivity index (χ3v) is 3.56. The fraction of sp³-hybridized carbons (Fsp3) is 0.667. The van der Waals surface area contributed by atoms with Crippen LogP contribution in [0.1, 0.15) is 32.6 Å². The SMILES string of the molecule is COC(=O)/C=C1\C(=O)OC2(C)CCCCC12. The highest BCUT2D eigenvalue weighted by atomic mass is 16.6. The maximum absolute atomic E-state index is 11.7. The number of hydrogen-bond donors (Lipinski definition) is 0. The molecule has 88 valence electrons. The summed E-state index contributed by atoms with van der Waals surface area (Å²) in [5.41, 5.74) is 0.0731. The second kappa shape index (κ2) is 3.92. The largest absolute Gasteiger partial charge is 0.466 e. The van der Waals surface area contributed by atoms with Gasteiger partial charge in [0.15, 0.2) is 0 Å². The smallest absolute Gasteiger partial charge is 0.335 e. The van der Waals surface area contributed by atoms with Gasteiger partial charge in [-0.1, -0.05) is 6.42 Å². The molecule has 2 fully saturated rings. The first kappa shape index (κ1) is 11.2. The van der Waals surface area contributed by atoms with Crippen molar-refractivity contribution in [1.29, 1.82) is 0 Å². The first-order chi connectivity index (χ1) is 7.57. The lowest BCUT2D eigenvalue weighted by molar-refractivity contribution is -0.148. The highest BCUT2D eigenvalue weighted by Crippen LogP contribution is 2.46. The number of methoxy groups -OCH3 is 1. The number of carbonyl (C=O) groups excluding carboxylic acids is 2. The predicted octanol–water partition coefficient (Wildman–Crippen LogP) is 1.59. The van der Waals surface area contributed by atoms with Crippen molar-refractivity contribution in [3.8, 4) is 0 Å². The zero-order chi connectivity index (χ0) is 11.8. The number of hydrogen-bond acceptors (Lipinski definition) is 4. The molecule has 0 amide bonds. The summed E-state index contributed by atoms with van der Waals surface area (Å²) in [5, 5.41) is 0. The minimum Gasteiger partial charge on any atom is -0.466 e. The summed E-state index contributed by atoms with van der Waals surface area (Å²) in [6, 6.07) is 0. The molecule has 1 aliphatic carbocycles. The molecule has 2 aliphatic rings. The molecular formula is C12H16O4. The summed E-state index contributed by atoms with van der Waals surface area (Å²) in [4.78, 5) is 22.9. The Morgan fingerprint density at radius 3 is 3.00 bits per heavy atom. The third kappa shape index (κ3) is 1.72. The van der Waals surface area contributed by atoms with Gasteiger partial charge in [-0.15, -0.1) is 0 Å². The van der Waals surface area contributed by atoms with E-state index in [4.69, 9.17) is 4.74 Å². The zero-order valence-electron chi connectivity index (χ0n) is 9.62. The van der Waals surface area contributed by atoms with Gasteiger partial charge in [-0.05, 0) is 26.2 Å². The van der Waals surface area contributed by atoms with E-state index in [9.17, 15) is 9.59 Å². The van der Waals surface area contributed by atoms with Gasteiger partial charge in [0, 0.05) is 12.0 Å². The van der Waals surface area contributed by atoms with Crippen molar-refractivity contribution in [2.24, 2.45) is 5.92 Å². The van der Waals surface area contributed by atoms with Crippen molar-refractivity contribution in [2.45, 2.75) is 38.2 Å². The fourth-order valence-corrected chi connectivity index (χ4v) is 2.67. The molecule has 2 unspecified atom stereocenters.